The Labute approximate surface area is 121 Å². The molecule has 2 rings (SSSR count). The lowest BCUT2D eigenvalue weighted by atomic mass is 9.93. The van der Waals surface area contributed by atoms with Gasteiger partial charge in [-0.2, -0.15) is 0 Å². The molecule has 2 atom stereocenters. The smallest absolute Gasteiger partial charge is 0.339 e. The second-order valence-electron chi connectivity index (χ2n) is 5.09. The first-order valence-corrected chi connectivity index (χ1v) is 6.79. The SMILES string of the molecule is O=C(Nc1ccc(O)c(C(=O)O)c1)NC1CCCCC1O. The predicted molar refractivity (Wildman–Crippen MR) is 75.5 cm³/mol. The van der Waals surface area contributed by atoms with E-state index in [9.17, 15) is 19.8 Å². The molecule has 0 aliphatic heterocycles. The van der Waals surface area contributed by atoms with Crippen LogP contribution in [0.3, 0.4) is 0 Å². The number of carbonyl (C=O) groups excluding carboxylic acids is 1. The summed E-state index contributed by atoms with van der Waals surface area (Å²) in [6, 6.07) is 2.97. The number of rotatable bonds is 3. The van der Waals surface area contributed by atoms with E-state index in [1.807, 2.05) is 0 Å². The maximum atomic E-state index is 11.8. The third-order valence-electron chi connectivity index (χ3n) is 3.53. The lowest BCUT2D eigenvalue weighted by Gasteiger charge is -2.28. The van der Waals surface area contributed by atoms with Gasteiger partial charge in [0.05, 0.1) is 12.1 Å². The number of benzene rings is 1. The fraction of sp³-hybridized carbons (Fsp3) is 0.429. The summed E-state index contributed by atoms with van der Waals surface area (Å²) in [6.07, 6.45) is 2.71. The number of aromatic hydroxyl groups is 1. The molecule has 0 aromatic heterocycles. The summed E-state index contributed by atoms with van der Waals surface area (Å²) >= 11 is 0. The number of aromatic carboxylic acids is 1. The summed E-state index contributed by atoms with van der Waals surface area (Å²) in [5.41, 5.74) is -0.0292. The molecule has 0 radical (unpaired) electrons. The van der Waals surface area contributed by atoms with Crippen LogP contribution >= 0.6 is 0 Å². The van der Waals surface area contributed by atoms with Crippen LogP contribution in [0.2, 0.25) is 0 Å². The molecule has 7 heteroatoms. The van der Waals surface area contributed by atoms with Crippen LogP contribution in [-0.4, -0.2) is 39.5 Å². The average Bonchev–Trinajstić information content (AvgIpc) is 2.43. The summed E-state index contributed by atoms with van der Waals surface area (Å²) in [5.74, 6) is -1.64. The molecule has 1 saturated carbocycles. The Morgan fingerprint density at radius 1 is 1.19 bits per heavy atom. The van der Waals surface area contributed by atoms with Crippen molar-refractivity contribution in [2.24, 2.45) is 0 Å². The van der Waals surface area contributed by atoms with Crippen LogP contribution in [0, 0.1) is 0 Å². The number of carbonyl (C=O) groups is 2. The second-order valence-corrected chi connectivity index (χ2v) is 5.09. The molecular formula is C14H18N2O5. The number of phenols is 1. The van der Waals surface area contributed by atoms with E-state index in [1.54, 1.807) is 0 Å². The van der Waals surface area contributed by atoms with Crippen LogP contribution in [0.15, 0.2) is 18.2 Å². The van der Waals surface area contributed by atoms with Gasteiger partial charge >= 0.3 is 12.0 Å². The van der Waals surface area contributed by atoms with Gasteiger partial charge in [-0.3, -0.25) is 0 Å². The van der Waals surface area contributed by atoms with Gasteiger partial charge in [0.15, 0.2) is 0 Å². The van der Waals surface area contributed by atoms with Gasteiger partial charge in [0.1, 0.15) is 11.3 Å². The first-order chi connectivity index (χ1) is 9.97. The van der Waals surface area contributed by atoms with Crippen LogP contribution in [0.4, 0.5) is 10.5 Å². The Kier molecular flexibility index (Phi) is 4.64. The molecule has 114 valence electrons. The predicted octanol–water partition coefficient (Wildman–Crippen LogP) is 1.52. The zero-order valence-electron chi connectivity index (χ0n) is 11.4. The number of amides is 2. The standard InChI is InChI=1S/C14H18N2O5/c17-11-6-5-8(7-9(11)13(19)20)15-14(21)16-10-3-1-2-4-12(10)18/h5-7,10,12,17-18H,1-4H2,(H,19,20)(H2,15,16,21). The van der Waals surface area contributed by atoms with Gasteiger partial charge in [0.2, 0.25) is 0 Å². The highest BCUT2D eigenvalue weighted by atomic mass is 16.4. The summed E-state index contributed by atoms with van der Waals surface area (Å²) in [7, 11) is 0. The molecule has 21 heavy (non-hydrogen) atoms. The maximum Gasteiger partial charge on any atom is 0.339 e. The van der Waals surface area contributed by atoms with Gasteiger partial charge in [-0.05, 0) is 31.0 Å². The molecule has 1 aromatic rings. The van der Waals surface area contributed by atoms with Crippen molar-refractivity contribution >= 4 is 17.7 Å². The first-order valence-electron chi connectivity index (χ1n) is 6.79. The molecule has 1 aliphatic carbocycles. The third-order valence-corrected chi connectivity index (χ3v) is 3.53. The van der Waals surface area contributed by atoms with Gasteiger partial charge in [-0.25, -0.2) is 9.59 Å². The Balaban J connectivity index is 1.99. The molecule has 5 N–H and O–H groups in total. The van der Waals surface area contributed by atoms with Crippen molar-refractivity contribution in [2.45, 2.75) is 37.8 Å². The molecule has 2 unspecified atom stereocenters. The summed E-state index contributed by atoms with van der Waals surface area (Å²) in [6.45, 7) is 0. The van der Waals surface area contributed by atoms with E-state index in [-0.39, 0.29) is 23.0 Å². The molecule has 1 aromatic carbocycles. The number of carboxylic acids is 1. The van der Waals surface area contributed by atoms with Gasteiger partial charge in [-0.1, -0.05) is 12.8 Å². The minimum atomic E-state index is -1.28. The Morgan fingerprint density at radius 3 is 2.57 bits per heavy atom. The summed E-state index contributed by atoms with van der Waals surface area (Å²) in [4.78, 5) is 22.7. The van der Waals surface area contributed by atoms with Crippen molar-refractivity contribution < 1.29 is 24.9 Å². The number of carboxylic acid groups (broad SMARTS) is 1. The second kappa shape index (κ2) is 6.45. The number of nitrogens with one attached hydrogen (secondary N) is 2. The van der Waals surface area contributed by atoms with Crippen LogP contribution in [-0.2, 0) is 0 Å². The van der Waals surface area contributed by atoms with E-state index < -0.39 is 18.1 Å². The molecule has 0 heterocycles. The van der Waals surface area contributed by atoms with Crippen molar-refractivity contribution in [1.82, 2.24) is 5.32 Å². The van der Waals surface area contributed by atoms with Gasteiger partial charge in [-0.15, -0.1) is 0 Å². The lowest BCUT2D eigenvalue weighted by Crippen LogP contribution is -2.46. The van der Waals surface area contributed by atoms with E-state index in [1.165, 1.54) is 18.2 Å². The van der Waals surface area contributed by atoms with Crippen molar-refractivity contribution in [3.05, 3.63) is 23.8 Å². The molecule has 0 bridgehead atoms. The number of anilines is 1. The molecule has 1 aliphatic rings. The molecule has 0 spiro atoms. The largest absolute Gasteiger partial charge is 0.507 e. The third kappa shape index (κ3) is 3.85. The zero-order valence-corrected chi connectivity index (χ0v) is 11.4. The lowest BCUT2D eigenvalue weighted by molar-refractivity contribution is 0.0693. The fourth-order valence-electron chi connectivity index (χ4n) is 2.40. The van der Waals surface area contributed by atoms with Crippen LogP contribution in [0.25, 0.3) is 0 Å². The number of aliphatic hydroxyl groups excluding tert-OH is 1. The van der Waals surface area contributed by atoms with Crippen LogP contribution < -0.4 is 10.6 Å². The molecule has 7 nitrogen and oxygen atoms in total. The number of hydrogen-bond acceptors (Lipinski definition) is 4. The normalized spacial score (nSPS) is 21.6. The van der Waals surface area contributed by atoms with Crippen molar-refractivity contribution in [3.8, 4) is 5.75 Å². The van der Waals surface area contributed by atoms with Crippen molar-refractivity contribution in [2.75, 3.05) is 5.32 Å². The number of aliphatic hydroxyl groups is 1. The van der Waals surface area contributed by atoms with Crippen LogP contribution in [0.5, 0.6) is 5.75 Å². The van der Waals surface area contributed by atoms with E-state index in [4.69, 9.17) is 5.11 Å². The highest BCUT2D eigenvalue weighted by Crippen LogP contribution is 2.22. The Morgan fingerprint density at radius 2 is 1.90 bits per heavy atom. The molecular weight excluding hydrogens is 276 g/mol. The number of urea groups is 1. The number of hydrogen-bond donors (Lipinski definition) is 5. The Bertz CT molecular complexity index is 546. The molecule has 1 fully saturated rings. The monoisotopic (exact) mass is 294 g/mol. The maximum absolute atomic E-state index is 11.8. The minimum Gasteiger partial charge on any atom is -0.507 e. The zero-order chi connectivity index (χ0) is 15.4. The highest BCUT2D eigenvalue weighted by Gasteiger charge is 2.24. The fourth-order valence-corrected chi connectivity index (χ4v) is 2.40. The van der Waals surface area contributed by atoms with Crippen molar-refractivity contribution in [1.29, 1.82) is 0 Å². The van der Waals surface area contributed by atoms with E-state index in [2.05, 4.69) is 10.6 Å². The topological polar surface area (TPSA) is 119 Å². The quantitative estimate of drug-likeness (QED) is 0.541. The van der Waals surface area contributed by atoms with E-state index >= 15 is 0 Å². The molecule has 2 amide bonds. The summed E-state index contributed by atoms with van der Waals surface area (Å²) in [5, 5.41) is 33.2. The molecule has 0 saturated heterocycles. The van der Waals surface area contributed by atoms with Crippen molar-refractivity contribution in [3.63, 3.8) is 0 Å². The van der Waals surface area contributed by atoms with Crippen LogP contribution in [0.1, 0.15) is 36.0 Å². The minimum absolute atomic E-state index is 0.257. The first kappa shape index (κ1) is 15.1. The van der Waals surface area contributed by atoms with Gasteiger partial charge in [0, 0.05) is 5.69 Å². The van der Waals surface area contributed by atoms with Gasteiger partial charge in [0.25, 0.3) is 0 Å². The highest BCUT2D eigenvalue weighted by molar-refractivity contribution is 5.95. The van der Waals surface area contributed by atoms with E-state index in [0.29, 0.717) is 12.8 Å². The average molecular weight is 294 g/mol. The van der Waals surface area contributed by atoms with E-state index in [0.717, 1.165) is 12.8 Å². The Hall–Kier alpha value is -2.28. The summed E-state index contributed by atoms with van der Waals surface area (Å²) < 4.78 is 0. The van der Waals surface area contributed by atoms with Gasteiger partial charge < -0.3 is 26.0 Å².